The average molecular weight is 263 g/mol. The molecule has 0 saturated heterocycles. The molecule has 0 atom stereocenters. The van der Waals surface area contributed by atoms with Gasteiger partial charge in [-0.15, -0.1) is 0 Å². The zero-order chi connectivity index (χ0) is 14.3. The first-order valence-electron chi connectivity index (χ1n) is 6.99. The second kappa shape index (κ2) is 7.24. The van der Waals surface area contributed by atoms with Crippen molar-refractivity contribution < 1.29 is 4.79 Å². The molecule has 0 aliphatic heterocycles. The van der Waals surface area contributed by atoms with Gasteiger partial charge in [0.1, 0.15) is 0 Å². The lowest BCUT2D eigenvalue weighted by atomic mass is 9.78. The van der Waals surface area contributed by atoms with Crippen LogP contribution in [-0.2, 0) is 4.79 Å². The predicted octanol–water partition coefficient (Wildman–Crippen LogP) is 2.59. The SMILES string of the molecule is CCCC(CN)(CCC)C(=O)N(C)c1ccncc1. The summed E-state index contributed by atoms with van der Waals surface area (Å²) < 4.78 is 0. The van der Waals surface area contributed by atoms with E-state index in [2.05, 4.69) is 18.8 Å². The van der Waals surface area contributed by atoms with E-state index in [1.165, 1.54) is 0 Å². The average Bonchev–Trinajstić information content (AvgIpc) is 2.46. The van der Waals surface area contributed by atoms with Crippen LogP contribution in [0.15, 0.2) is 24.5 Å². The van der Waals surface area contributed by atoms with Crippen molar-refractivity contribution in [2.24, 2.45) is 11.1 Å². The van der Waals surface area contributed by atoms with Gasteiger partial charge in [0.25, 0.3) is 0 Å². The second-order valence-electron chi connectivity index (χ2n) is 5.05. The van der Waals surface area contributed by atoms with Crippen molar-refractivity contribution in [2.45, 2.75) is 39.5 Å². The Kier molecular flexibility index (Phi) is 5.96. The minimum Gasteiger partial charge on any atom is -0.329 e. The lowest BCUT2D eigenvalue weighted by Gasteiger charge is -2.34. The van der Waals surface area contributed by atoms with Crippen LogP contribution in [0.2, 0.25) is 0 Å². The Balaban J connectivity index is 2.99. The molecule has 0 fully saturated rings. The fourth-order valence-electron chi connectivity index (χ4n) is 2.63. The normalized spacial score (nSPS) is 11.4. The summed E-state index contributed by atoms with van der Waals surface area (Å²) in [5.74, 6) is 0.116. The predicted molar refractivity (Wildman–Crippen MR) is 79.0 cm³/mol. The molecule has 1 aromatic rings. The van der Waals surface area contributed by atoms with Crippen molar-refractivity contribution >= 4 is 11.6 Å². The highest BCUT2D eigenvalue weighted by Crippen LogP contribution is 2.32. The van der Waals surface area contributed by atoms with E-state index in [-0.39, 0.29) is 5.91 Å². The minimum atomic E-state index is -0.429. The van der Waals surface area contributed by atoms with Crippen molar-refractivity contribution in [3.63, 3.8) is 0 Å². The third kappa shape index (κ3) is 3.53. The maximum Gasteiger partial charge on any atom is 0.234 e. The molecule has 4 heteroatoms. The minimum absolute atomic E-state index is 0.116. The van der Waals surface area contributed by atoms with E-state index in [4.69, 9.17) is 5.73 Å². The molecular weight excluding hydrogens is 238 g/mol. The topological polar surface area (TPSA) is 59.2 Å². The van der Waals surface area contributed by atoms with Crippen LogP contribution >= 0.6 is 0 Å². The van der Waals surface area contributed by atoms with E-state index < -0.39 is 5.41 Å². The van der Waals surface area contributed by atoms with Crippen LogP contribution in [0.4, 0.5) is 5.69 Å². The first-order chi connectivity index (χ1) is 9.11. The van der Waals surface area contributed by atoms with Crippen LogP contribution < -0.4 is 10.6 Å². The summed E-state index contributed by atoms with van der Waals surface area (Å²) >= 11 is 0. The molecule has 106 valence electrons. The molecule has 0 saturated carbocycles. The van der Waals surface area contributed by atoms with Gasteiger partial charge >= 0.3 is 0 Å². The number of rotatable bonds is 7. The first kappa shape index (κ1) is 15.6. The van der Waals surface area contributed by atoms with Crippen LogP contribution in [0.1, 0.15) is 39.5 Å². The van der Waals surface area contributed by atoms with Gasteiger partial charge in [0, 0.05) is 31.7 Å². The Morgan fingerprint density at radius 1 is 1.26 bits per heavy atom. The Hall–Kier alpha value is -1.42. The third-order valence-electron chi connectivity index (χ3n) is 3.66. The number of hydrogen-bond donors (Lipinski definition) is 1. The van der Waals surface area contributed by atoms with Crippen LogP contribution in [0, 0.1) is 5.41 Å². The van der Waals surface area contributed by atoms with Crippen LogP contribution in [0.5, 0.6) is 0 Å². The lowest BCUT2D eigenvalue weighted by molar-refractivity contribution is -0.128. The number of carbonyl (C=O) groups excluding carboxylic acids is 1. The van der Waals surface area contributed by atoms with Crippen molar-refractivity contribution in [2.75, 3.05) is 18.5 Å². The molecule has 2 N–H and O–H groups in total. The fraction of sp³-hybridized carbons (Fsp3) is 0.600. The molecule has 0 aliphatic carbocycles. The molecule has 0 aromatic carbocycles. The van der Waals surface area contributed by atoms with Crippen molar-refractivity contribution in [1.29, 1.82) is 0 Å². The van der Waals surface area contributed by atoms with Gasteiger partial charge in [-0.05, 0) is 25.0 Å². The van der Waals surface area contributed by atoms with E-state index in [9.17, 15) is 4.79 Å². The van der Waals surface area contributed by atoms with Gasteiger partial charge in [0.05, 0.1) is 5.41 Å². The van der Waals surface area contributed by atoms with Crippen molar-refractivity contribution in [3.8, 4) is 0 Å². The molecule has 19 heavy (non-hydrogen) atoms. The fourth-order valence-corrected chi connectivity index (χ4v) is 2.63. The molecule has 0 unspecified atom stereocenters. The quantitative estimate of drug-likeness (QED) is 0.822. The van der Waals surface area contributed by atoms with Gasteiger partial charge in [-0.2, -0.15) is 0 Å². The largest absolute Gasteiger partial charge is 0.329 e. The number of nitrogens with zero attached hydrogens (tertiary/aromatic N) is 2. The summed E-state index contributed by atoms with van der Waals surface area (Å²) in [7, 11) is 1.81. The number of anilines is 1. The van der Waals surface area contributed by atoms with E-state index in [0.717, 1.165) is 31.4 Å². The number of carbonyl (C=O) groups is 1. The van der Waals surface area contributed by atoms with Crippen molar-refractivity contribution in [3.05, 3.63) is 24.5 Å². The van der Waals surface area contributed by atoms with Crippen LogP contribution in [-0.4, -0.2) is 24.5 Å². The number of nitrogens with two attached hydrogens (primary N) is 1. The molecular formula is C15H25N3O. The number of pyridine rings is 1. The Morgan fingerprint density at radius 2 is 1.79 bits per heavy atom. The summed E-state index contributed by atoms with van der Waals surface area (Å²) in [5, 5.41) is 0. The zero-order valence-corrected chi connectivity index (χ0v) is 12.2. The number of hydrogen-bond acceptors (Lipinski definition) is 3. The van der Waals surface area contributed by atoms with Crippen molar-refractivity contribution in [1.82, 2.24) is 4.98 Å². The van der Waals surface area contributed by atoms with Gasteiger partial charge in [0.2, 0.25) is 5.91 Å². The van der Waals surface area contributed by atoms with Gasteiger partial charge in [-0.1, -0.05) is 26.7 Å². The van der Waals surface area contributed by atoms with Gasteiger partial charge in [0.15, 0.2) is 0 Å². The molecule has 0 spiro atoms. The highest BCUT2D eigenvalue weighted by atomic mass is 16.2. The van der Waals surface area contributed by atoms with E-state index >= 15 is 0 Å². The van der Waals surface area contributed by atoms with Crippen LogP contribution in [0.3, 0.4) is 0 Å². The third-order valence-corrected chi connectivity index (χ3v) is 3.66. The van der Waals surface area contributed by atoms with Crippen LogP contribution in [0.25, 0.3) is 0 Å². The molecule has 0 aliphatic rings. The Bertz CT molecular complexity index is 386. The molecule has 1 rings (SSSR count). The first-order valence-corrected chi connectivity index (χ1v) is 6.99. The summed E-state index contributed by atoms with van der Waals surface area (Å²) in [6.07, 6.45) is 7.00. The molecule has 0 bridgehead atoms. The summed E-state index contributed by atoms with van der Waals surface area (Å²) in [4.78, 5) is 18.5. The smallest absolute Gasteiger partial charge is 0.234 e. The van der Waals surface area contributed by atoms with Gasteiger partial charge < -0.3 is 10.6 Å². The molecule has 4 nitrogen and oxygen atoms in total. The van der Waals surface area contributed by atoms with Gasteiger partial charge in [-0.25, -0.2) is 0 Å². The van der Waals surface area contributed by atoms with E-state index in [1.54, 1.807) is 17.3 Å². The monoisotopic (exact) mass is 263 g/mol. The maximum atomic E-state index is 12.8. The Morgan fingerprint density at radius 3 is 2.21 bits per heavy atom. The standard InChI is InChI=1S/C15H25N3O/c1-4-8-15(12-16,9-5-2)14(19)18(3)13-6-10-17-11-7-13/h6-7,10-11H,4-5,8-9,12,16H2,1-3H3. The summed E-state index contributed by atoms with van der Waals surface area (Å²) in [6.45, 7) is 4.60. The van der Waals surface area contributed by atoms with E-state index in [1.807, 2.05) is 19.2 Å². The molecule has 1 heterocycles. The lowest BCUT2D eigenvalue weighted by Crippen LogP contribution is -2.47. The molecule has 0 radical (unpaired) electrons. The molecule has 1 amide bonds. The molecule has 1 aromatic heterocycles. The second-order valence-corrected chi connectivity index (χ2v) is 5.05. The number of aromatic nitrogens is 1. The highest BCUT2D eigenvalue weighted by Gasteiger charge is 2.37. The zero-order valence-electron chi connectivity index (χ0n) is 12.2. The maximum absolute atomic E-state index is 12.8. The summed E-state index contributed by atoms with van der Waals surface area (Å²) in [5.41, 5.74) is 6.37. The highest BCUT2D eigenvalue weighted by molar-refractivity contribution is 5.97. The summed E-state index contributed by atoms with van der Waals surface area (Å²) in [6, 6.07) is 3.69. The van der Waals surface area contributed by atoms with E-state index in [0.29, 0.717) is 6.54 Å². The Labute approximate surface area is 116 Å². The van der Waals surface area contributed by atoms with Gasteiger partial charge in [-0.3, -0.25) is 9.78 Å². The number of amides is 1.